The number of hydrogen-bond acceptors (Lipinski definition) is 7. The molecule has 3 rings (SSSR count). The van der Waals surface area contributed by atoms with Crippen LogP contribution in [0.3, 0.4) is 0 Å². The van der Waals surface area contributed by atoms with Gasteiger partial charge in [0.25, 0.3) is 11.5 Å². The van der Waals surface area contributed by atoms with Gasteiger partial charge in [0.05, 0.1) is 19.8 Å². The summed E-state index contributed by atoms with van der Waals surface area (Å²) in [5.41, 5.74) is -2.56. The Kier molecular flexibility index (Phi) is 5.79. The number of hydrogen-bond donors (Lipinski definition) is 0. The molecule has 27 heavy (non-hydrogen) atoms. The monoisotopic (exact) mass is 423 g/mol. The lowest BCUT2D eigenvalue weighted by Crippen LogP contribution is -2.39. The smallest absolute Gasteiger partial charge is 0.348 e. The van der Waals surface area contributed by atoms with Gasteiger partial charge in [0.1, 0.15) is 16.3 Å². The quantitative estimate of drug-likeness (QED) is 0.543. The minimum Gasteiger partial charge on any atom is -0.348 e. The molecule has 2 aromatic rings. The molecule has 2 aromatic heterocycles. The molecule has 0 aliphatic carbocycles. The van der Waals surface area contributed by atoms with E-state index in [4.69, 9.17) is 9.47 Å². The predicted octanol–water partition coefficient (Wildman–Crippen LogP) is 2.33. The largest absolute Gasteiger partial charge is 0.432 e. The number of aromatic nitrogens is 2. The first-order valence-corrected chi connectivity index (χ1v) is 9.83. The van der Waals surface area contributed by atoms with Gasteiger partial charge in [-0.2, -0.15) is 13.2 Å². The zero-order valence-corrected chi connectivity index (χ0v) is 16.0. The Bertz CT molecular complexity index is 906. The molecule has 3 heterocycles. The number of carbonyl (C=O) groups is 1. The molecule has 1 saturated heterocycles. The standard InChI is InChI=1S/C15H16F3N3O4S2/c1-3-26-11-10(12(22)20(2)6-9-24-4-5-25-9)13(23)21-8(15(16,17)18)7-27-14(21)19-11/h7,9H,3-6H2,1-2H3. The van der Waals surface area contributed by atoms with Crippen LogP contribution in [0.4, 0.5) is 13.2 Å². The summed E-state index contributed by atoms with van der Waals surface area (Å²) < 4.78 is 50.7. The zero-order valence-electron chi connectivity index (χ0n) is 14.4. The van der Waals surface area contributed by atoms with E-state index < -0.39 is 29.6 Å². The minimum atomic E-state index is -4.74. The van der Waals surface area contributed by atoms with Crippen LogP contribution in [-0.2, 0) is 15.7 Å². The van der Waals surface area contributed by atoms with Gasteiger partial charge in [0.2, 0.25) is 0 Å². The Hall–Kier alpha value is -1.63. The molecule has 0 radical (unpaired) electrons. The molecule has 1 fully saturated rings. The van der Waals surface area contributed by atoms with Crippen molar-refractivity contribution >= 4 is 34.0 Å². The molecule has 0 saturated carbocycles. The number of likely N-dealkylation sites (N-methyl/N-ethyl adjacent to an activating group) is 1. The first kappa shape index (κ1) is 20.1. The highest BCUT2D eigenvalue weighted by atomic mass is 32.2. The highest BCUT2D eigenvalue weighted by Gasteiger charge is 2.37. The Balaban J connectivity index is 2.08. The van der Waals surface area contributed by atoms with Gasteiger partial charge in [0, 0.05) is 12.4 Å². The van der Waals surface area contributed by atoms with Crippen molar-refractivity contribution < 1.29 is 27.4 Å². The van der Waals surface area contributed by atoms with Crippen molar-refractivity contribution in [2.24, 2.45) is 0 Å². The van der Waals surface area contributed by atoms with Crippen LogP contribution in [0, 0.1) is 0 Å². The summed E-state index contributed by atoms with van der Waals surface area (Å²) in [7, 11) is 1.43. The summed E-state index contributed by atoms with van der Waals surface area (Å²) in [6.45, 7) is 2.63. The number of thioether (sulfide) groups is 1. The summed E-state index contributed by atoms with van der Waals surface area (Å²) in [5.74, 6) is -0.227. The molecular formula is C15H16F3N3O4S2. The maximum absolute atomic E-state index is 13.2. The second kappa shape index (κ2) is 7.78. The molecule has 12 heteroatoms. The highest BCUT2D eigenvalue weighted by molar-refractivity contribution is 7.99. The molecule has 7 nitrogen and oxygen atoms in total. The fourth-order valence-electron chi connectivity index (χ4n) is 2.56. The molecule has 0 N–H and O–H groups in total. The summed E-state index contributed by atoms with van der Waals surface area (Å²) in [6.07, 6.45) is -5.37. The summed E-state index contributed by atoms with van der Waals surface area (Å²) in [6, 6.07) is 0. The molecule has 1 amide bonds. The molecule has 0 spiro atoms. The lowest BCUT2D eigenvalue weighted by molar-refractivity contribution is -0.141. The van der Waals surface area contributed by atoms with Crippen molar-refractivity contribution in [3.63, 3.8) is 0 Å². The van der Waals surface area contributed by atoms with E-state index in [1.807, 2.05) is 0 Å². The predicted molar refractivity (Wildman–Crippen MR) is 93.4 cm³/mol. The average Bonchev–Trinajstić information content (AvgIpc) is 3.23. The third-order valence-corrected chi connectivity index (χ3v) is 5.47. The first-order chi connectivity index (χ1) is 12.7. The molecule has 0 bridgehead atoms. The maximum atomic E-state index is 13.2. The van der Waals surface area contributed by atoms with E-state index >= 15 is 0 Å². The van der Waals surface area contributed by atoms with Crippen molar-refractivity contribution in [1.29, 1.82) is 0 Å². The summed E-state index contributed by atoms with van der Waals surface area (Å²) >= 11 is 1.83. The number of halogens is 3. The average molecular weight is 423 g/mol. The van der Waals surface area contributed by atoms with Crippen LogP contribution in [0.2, 0.25) is 0 Å². The summed E-state index contributed by atoms with van der Waals surface area (Å²) in [5, 5.41) is 0.936. The number of alkyl halides is 3. The third kappa shape index (κ3) is 3.98. The van der Waals surface area contributed by atoms with Gasteiger partial charge in [-0.15, -0.1) is 23.1 Å². The summed E-state index contributed by atoms with van der Waals surface area (Å²) in [4.78, 5) is 30.9. The van der Waals surface area contributed by atoms with Gasteiger partial charge in [-0.25, -0.2) is 9.38 Å². The van der Waals surface area contributed by atoms with Gasteiger partial charge < -0.3 is 14.4 Å². The van der Waals surface area contributed by atoms with Crippen LogP contribution >= 0.6 is 23.1 Å². The second-order valence-electron chi connectivity index (χ2n) is 5.62. The van der Waals surface area contributed by atoms with Crippen LogP contribution in [0.5, 0.6) is 0 Å². The first-order valence-electron chi connectivity index (χ1n) is 7.97. The Morgan fingerprint density at radius 2 is 2.11 bits per heavy atom. The molecule has 0 unspecified atom stereocenters. The molecule has 1 aliphatic rings. The lowest BCUT2D eigenvalue weighted by atomic mass is 10.3. The van der Waals surface area contributed by atoms with E-state index in [0.29, 0.717) is 34.7 Å². The number of carbonyl (C=O) groups excluding carboxylic acids is 1. The van der Waals surface area contributed by atoms with Crippen molar-refractivity contribution in [3.05, 3.63) is 27.0 Å². The van der Waals surface area contributed by atoms with Crippen LogP contribution in [0.25, 0.3) is 4.96 Å². The van der Waals surface area contributed by atoms with Crippen molar-refractivity contribution in [2.45, 2.75) is 24.4 Å². The number of amides is 1. The van der Waals surface area contributed by atoms with E-state index in [2.05, 4.69) is 4.98 Å². The van der Waals surface area contributed by atoms with Crippen LogP contribution in [0.1, 0.15) is 23.0 Å². The van der Waals surface area contributed by atoms with E-state index in [9.17, 15) is 22.8 Å². The highest BCUT2D eigenvalue weighted by Crippen LogP contribution is 2.32. The van der Waals surface area contributed by atoms with Crippen molar-refractivity contribution in [1.82, 2.24) is 14.3 Å². The van der Waals surface area contributed by atoms with Crippen LogP contribution < -0.4 is 5.56 Å². The van der Waals surface area contributed by atoms with E-state index in [-0.39, 0.29) is 22.1 Å². The van der Waals surface area contributed by atoms with Gasteiger partial charge in [-0.05, 0) is 5.75 Å². The number of ether oxygens (including phenoxy) is 2. The Morgan fingerprint density at radius 3 is 2.70 bits per heavy atom. The third-order valence-electron chi connectivity index (χ3n) is 3.78. The lowest BCUT2D eigenvalue weighted by Gasteiger charge is -2.21. The zero-order chi connectivity index (χ0) is 19.8. The number of nitrogens with zero attached hydrogens (tertiary/aromatic N) is 3. The van der Waals surface area contributed by atoms with Gasteiger partial charge in [-0.1, -0.05) is 6.92 Å². The van der Waals surface area contributed by atoms with E-state index in [1.165, 1.54) is 11.9 Å². The van der Waals surface area contributed by atoms with E-state index in [0.717, 1.165) is 17.1 Å². The molecular weight excluding hydrogens is 407 g/mol. The number of fused-ring (bicyclic) bond motifs is 1. The molecule has 0 aromatic carbocycles. The number of thiazole rings is 1. The van der Waals surface area contributed by atoms with Crippen molar-refractivity contribution in [3.8, 4) is 0 Å². The van der Waals surface area contributed by atoms with Gasteiger partial charge in [0.15, 0.2) is 11.3 Å². The fourth-order valence-corrected chi connectivity index (χ4v) is 4.25. The van der Waals surface area contributed by atoms with Crippen LogP contribution in [0.15, 0.2) is 15.2 Å². The molecule has 1 aliphatic heterocycles. The normalized spacial score (nSPS) is 15.6. The molecule has 148 valence electrons. The Labute approximate surface area is 160 Å². The molecule has 0 atom stereocenters. The topological polar surface area (TPSA) is 73.1 Å². The fraction of sp³-hybridized carbons (Fsp3) is 0.533. The minimum absolute atomic E-state index is 0.0486. The van der Waals surface area contributed by atoms with Crippen molar-refractivity contribution in [2.75, 3.05) is 32.6 Å². The SMILES string of the molecule is CCSc1nc2scc(C(F)(F)F)n2c(=O)c1C(=O)N(C)CC1OCCO1. The Morgan fingerprint density at radius 1 is 1.44 bits per heavy atom. The van der Waals surface area contributed by atoms with E-state index in [1.54, 1.807) is 6.92 Å². The van der Waals surface area contributed by atoms with Gasteiger partial charge in [-0.3, -0.25) is 9.59 Å². The van der Waals surface area contributed by atoms with Gasteiger partial charge >= 0.3 is 6.18 Å². The second-order valence-corrected chi connectivity index (χ2v) is 7.71. The maximum Gasteiger partial charge on any atom is 0.432 e. The number of rotatable bonds is 5. The van der Waals surface area contributed by atoms with Crippen LogP contribution in [-0.4, -0.2) is 59.0 Å².